The Morgan fingerprint density at radius 3 is 3.05 bits per heavy atom. The number of hydrogen-bond acceptors (Lipinski definition) is 4. The summed E-state index contributed by atoms with van der Waals surface area (Å²) in [6.45, 7) is 0.0560. The van der Waals surface area contributed by atoms with E-state index in [1.54, 1.807) is 24.4 Å². The first-order valence-corrected chi connectivity index (χ1v) is 7.62. The molecule has 0 saturated heterocycles. The lowest BCUT2D eigenvalue weighted by molar-refractivity contribution is 0.0917. The van der Waals surface area contributed by atoms with E-state index in [4.69, 9.17) is 0 Å². The molecule has 3 aromatic rings. The third kappa shape index (κ3) is 2.98. The van der Waals surface area contributed by atoms with Gasteiger partial charge in [-0.05, 0) is 40.6 Å². The van der Waals surface area contributed by atoms with Crippen LogP contribution in [0.4, 0.5) is 4.39 Å². The standard InChI is InChI=1S/C16H13FN2O2S/c17-12-6-10-2-1-4-18-15(10)13(7-12)16(21)19-8-14(20)11-3-5-22-9-11/h1-7,9,14,20H,8H2,(H,19,21). The zero-order chi connectivity index (χ0) is 15.5. The number of aromatic nitrogens is 1. The van der Waals surface area contributed by atoms with Gasteiger partial charge < -0.3 is 10.4 Å². The number of fused-ring (bicyclic) bond motifs is 1. The van der Waals surface area contributed by atoms with Crippen LogP contribution < -0.4 is 5.32 Å². The van der Waals surface area contributed by atoms with Crippen LogP contribution in [0.2, 0.25) is 0 Å². The van der Waals surface area contributed by atoms with Crippen LogP contribution >= 0.6 is 11.3 Å². The van der Waals surface area contributed by atoms with Crippen molar-refractivity contribution in [3.8, 4) is 0 Å². The van der Waals surface area contributed by atoms with E-state index in [0.717, 1.165) is 11.6 Å². The quantitative estimate of drug-likeness (QED) is 0.778. The normalized spacial score (nSPS) is 12.3. The topological polar surface area (TPSA) is 62.2 Å². The predicted octanol–water partition coefficient (Wildman–Crippen LogP) is 2.90. The van der Waals surface area contributed by atoms with Gasteiger partial charge in [-0.2, -0.15) is 11.3 Å². The molecule has 1 unspecified atom stereocenters. The van der Waals surface area contributed by atoms with Crippen molar-refractivity contribution in [2.45, 2.75) is 6.10 Å². The first kappa shape index (κ1) is 14.6. The van der Waals surface area contributed by atoms with Gasteiger partial charge in [-0.1, -0.05) is 6.07 Å². The molecule has 1 aromatic carbocycles. The summed E-state index contributed by atoms with van der Waals surface area (Å²) in [5.74, 6) is -0.957. The van der Waals surface area contributed by atoms with Crippen molar-refractivity contribution in [3.05, 3.63) is 64.2 Å². The number of halogens is 1. The molecule has 0 spiro atoms. The average Bonchev–Trinajstić information content (AvgIpc) is 3.06. The fourth-order valence-electron chi connectivity index (χ4n) is 2.20. The number of benzene rings is 1. The number of carbonyl (C=O) groups excluding carboxylic acids is 1. The molecule has 3 rings (SSSR count). The van der Waals surface area contributed by atoms with Gasteiger partial charge in [0.1, 0.15) is 5.82 Å². The molecule has 2 N–H and O–H groups in total. The zero-order valence-electron chi connectivity index (χ0n) is 11.5. The van der Waals surface area contributed by atoms with Crippen LogP contribution in [0, 0.1) is 5.82 Å². The molecule has 0 aliphatic heterocycles. The van der Waals surface area contributed by atoms with Crippen LogP contribution in [0.3, 0.4) is 0 Å². The van der Waals surface area contributed by atoms with Crippen molar-refractivity contribution in [1.82, 2.24) is 10.3 Å². The number of carbonyl (C=O) groups is 1. The summed E-state index contributed by atoms with van der Waals surface area (Å²) in [5.41, 5.74) is 1.34. The fourth-order valence-corrected chi connectivity index (χ4v) is 2.90. The van der Waals surface area contributed by atoms with Gasteiger partial charge in [0.15, 0.2) is 0 Å². The summed E-state index contributed by atoms with van der Waals surface area (Å²) < 4.78 is 13.6. The molecule has 0 saturated carbocycles. The Kier molecular flexibility index (Phi) is 4.13. The van der Waals surface area contributed by atoms with Gasteiger partial charge in [0, 0.05) is 18.1 Å². The van der Waals surface area contributed by atoms with Crippen molar-refractivity contribution in [2.24, 2.45) is 0 Å². The molecule has 112 valence electrons. The van der Waals surface area contributed by atoms with Crippen LogP contribution in [0.25, 0.3) is 10.9 Å². The second-order valence-electron chi connectivity index (χ2n) is 4.81. The van der Waals surface area contributed by atoms with Crippen LogP contribution in [0.1, 0.15) is 22.0 Å². The lowest BCUT2D eigenvalue weighted by Crippen LogP contribution is -2.28. The van der Waals surface area contributed by atoms with Gasteiger partial charge in [0.2, 0.25) is 0 Å². The average molecular weight is 316 g/mol. The number of pyridine rings is 1. The summed E-state index contributed by atoms with van der Waals surface area (Å²) in [4.78, 5) is 16.4. The van der Waals surface area contributed by atoms with Gasteiger partial charge >= 0.3 is 0 Å². The highest BCUT2D eigenvalue weighted by molar-refractivity contribution is 7.07. The Hall–Kier alpha value is -2.31. The van der Waals surface area contributed by atoms with Crippen molar-refractivity contribution >= 4 is 28.1 Å². The lowest BCUT2D eigenvalue weighted by Gasteiger charge is -2.11. The van der Waals surface area contributed by atoms with E-state index in [9.17, 15) is 14.3 Å². The summed E-state index contributed by atoms with van der Waals surface area (Å²) >= 11 is 1.47. The van der Waals surface area contributed by atoms with E-state index in [1.807, 2.05) is 10.8 Å². The SMILES string of the molecule is O=C(NCC(O)c1ccsc1)c1cc(F)cc2cccnc12. The van der Waals surface area contributed by atoms with Crippen molar-refractivity contribution in [1.29, 1.82) is 0 Å². The summed E-state index contributed by atoms with van der Waals surface area (Å²) in [7, 11) is 0. The van der Waals surface area contributed by atoms with E-state index in [-0.39, 0.29) is 12.1 Å². The number of amides is 1. The molecular weight excluding hydrogens is 303 g/mol. The Labute approximate surface area is 130 Å². The number of nitrogens with zero attached hydrogens (tertiary/aromatic N) is 1. The van der Waals surface area contributed by atoms with Crippen LogP contribution in [0.5, 0.6) is 0 Å². The van der Waals surface area contributed by atoms with E-state index in [1.165, 1.54) is 17.4 Å². The van der Waals surface area contributed by atoms with Gasteiger partial charge in [-0.15, -0.1) is 0 Å². The van der Waals surface area contributed by atoms with Crippen LogP contribution in [0.15, 0.2) is 47.3 Å². The highest BCUT2D eigenvalue weighted by Crippen LogP contribution is 2.19. The molecule has 4 nitrogen and oxygen atoms in total. The first-order valence-electron chi connectivity index (χ1n) is 6.68. The van der Waals surface area contributed by atoms with E-state index in [2.05, 4.69) is 10.3 Å². The van der Waals surface area contributed by atoms with E-state index < -0.39 is 17.8 Å². The first-order chi connectivity index (χ1) is 10.6. The molecule has 1 amide bonds. The second kappa shape index (κ2) is 6.21. The fraction of sp³-hybridized carbons (Fsp3) is 0.125. The largest absolute Gasteiger partial charge is 0.387 e. The number of hydrogen-bond donors (Lipinski definition) is 2. The molecule has 0 radical (unpaired) electrons. The predicted molar refractivity (Wildman–Crippen MR) is 83.3 cm³/mol. The zero-order valence-corrected chi connectivity index (χ0v) is 12.3. The van der Waals surface area contributed by atoms with Gasteiger partial charge in [-0.3, -0.25) is 9.78 Å². The Balaban J connectivity index is 1.80. The maximum Gasteiger partial charge on any atom is 0.253 e. The summed E-state index contributed by atoms with van der Waals surface area (Å²) in [6.07, 6.45) is 0.764. The molecule has 0 fully saturated rings. The molecule has 0 aliphatic rings. The van der Waals surface area contributed by atoms with E-state index in [0.29, 0.717) is 10.9 Å². The van der Waals surface area contributed by atoms with Crippen molar-refractivity contribution < 1.29 is 14.3 Å². The minimum atomic E-state index is -0.789. The van der Waals surface area contributed by atoms with Crippen LogP contribution in [-0.2, 0) is 0 Å². The minimum Gasteiger partial charge on any atom is -0.387 e. The molecule has 22 heavy (non-hydrogen) atoms. The molecule has 2 aromatic heterocycles. The number of rotatable bonds is 4. The van der Waals surface area contributed by atoms with Crippen molar-refractivity contribution in [3.63, 3.8) is 0 Å². The molecule has 2 heterocycles. The maximum atomic E-state index is 13.6. The molecule has 0 aliphatic carbocycles. The third-order valence-corrected chi connectivity index (χ3v) is 4.00. The summed E-state index contributed by atoms with van der Waals surface area (Å²) in [6, 6.07) is 7.66. The number of thiophene rings is 1. The van der Waals surface area contributed by atoms with Gasteiger partial charge in [-0.25, -0.2) is 4.39 Å². The Bertz CT molecular complexity index is 805. The second-order valence-corrected chi connectivity index (χ2v) is 5.59. The Morgan fingerprint density at radius 2 is 2.27 bits per heavy atom. The monoisotopic (exact) mass is 316 g/mol. The molecule has 1 atom stereocenters. The highest BCUT2D eigenvalue weighted by Gasteiger charge is 2.15. The number of aliphatic hydroxyl groups excluding tert-OH is 1. The minimum absolute atomic E-state index is 0.0560. The number of nitrogens with one attached hydrogen (secondary N) is 1. The highest BCUT2D eigenvalue weighted by atomic mass is 32.1. The summed E-state index contributed by atoms with van der Waals surface area (Å²) in [5, 5.41) is 16.8. The molecule has 6 heteroatoms. The van der Waals surface area contributed by atoms with Crippen molar-refractivity contribution in [2.75, 3.05) is 6.54 Å². The lowest BCUT2D eigenvalue weighted by atomic mass is 10.1. The third-order valence-electron chi connectivity index (χ3n) is 3.30. The maximum absolute atomic E-state index is 13.6. The van der Waals surface area contributed by atoms with E-state index >= 15 is 0 Å². The van der Waals surface area contributed by atoms with Crippen LogP contribution in [-0.4, -0.2) is 22.5 Å². The van der Waals surface area contributed by atoms with Gasteiger partial charge in [0.25, 0.3) is 5.91 Å². The molecule has 0 bridgehead atoms. The van der Waals surface area contributed by atoms with Gasteiger partial charge in [0.05, 0.1) is 17.2 Å². The Morgan fingerprint density at radius 1 is 1.41 bits per heavy atom. The number of aliphatic hydroxyl groups is 1. The molecular formula is C16H13FN2O2S. The smallest absolute Gasteiger partial charge is 0.253 e.